The summed E-state index contributed by atoms with van der Waals surface area (Å²) >= 11 is 0. The molecule has 2 aromatic heterocycles. The van der Waals surface area contributed by atoms with Gasteiger partial charge in [0, 0.05) is 30.5 Å². The SMILES string of the molecule is Cc1ccc(C(=O)N2CCOCC2)cc1NC(=O)c1cnc2ccccn12. The third-order valence-electron chi connectivity index (χ3n) is 4.68. The molecule has 1 fully saturated rings. The van der Waals surface area contributed by atoms with E-state index in [-0.39, 0.29) is 11.8 Å². The van der Waals surface area contributed by atoms with Crippen molar-refractivity contribution in [3.63, 3.8) is 0 Å². The molecule has 2 amide bonds. The fourth-order valence-electron chi connectivity index (χ4n) is 3.13. The number of imidazole rings is 1. The minimum Gasteiger partial charge on any atom is -0.378 e. The number of rotatable bonds is 3. The average molecular weight is 364 g/mol. The highest BCUT2D eigenvalue weighted by Crippen LogP contribution is 2.20. The van der Waals surface area contributed by atoms with Gasteiger partial charge in [-0.25, -0.2) is 4.98 Å². The molecule has 0 saturated carbocycles. The quantitative estimate of drug-likeness (QED) is 0.774. The Morgan fingerprint density at radius 2 is 1.96 bits per heavy atom. The lowest BCUT2D eigenvalue weighted by Crippen LogP contribution is -2.40. The number of aryl methyl sites for hydroxylation is 1. The molecule has 1 saturated heterocycles. The zero-order valence-electron chi connectivity index (χ0n) is 15.0. The molecule has 7 heteroatoms. The molecule has 0 bridgehead atoms. The van der Waals surface area contributed by atoms with Crippen LogP contribution in [0.5, 0.6) is 0 Å². The first kappa shape index (κ1) is 17.2. The second kappa shape index (κ2) is 7.20. The van der Waals surface area contributed by atoms with Crippen molar-refractivity contribution >= 4 is 23.1 Å². The summed E-state index contributed by atoms with van der Waals surface area (Å²) in [4.78, 5) is 31.4. The molecule has 1 aromatic carbocycles. The molecular weight excluding hydrogens is 344 g/mol. The van der Waals surface area contributed by atoms with Crippen LogP contribution in [-0.2, 0) is 4.74 Å². The summed E-state index contributed by atoms with van der Waals surface area (Å²) in [6.45, 7) is 4.16. The van der Waals surface area contributed by atoms with Gasteiger partial charge in [0.25, 0.3) is 11.8 Å². The van der Waals surface area contributed by atoms with E-state index >= 15 is 0 Å². The van der Waals surface area contributed by atoms with E-state index in [2.05, 4.69) is 10.3 Å². The number of benzene rings is 1. The topological polar surface area (TPSA) is 75.9 Å². The fourth-order valence-corrected chi connectivity index (χ4v) is 3.13. The van der Waals surface area contributed by atoms with E-state index in [4.69, 9.17) is 4.74 Å². The summed E-state index contributed by atoms with van der Waals surface area (Å²) in [6.07, 6.45) is 3.34. The van der Waals surface area contributed by atoms with Crippen molar-refractivity contribution in [3.8, 4) is 0 Å². The second-order valence-electron chi connectivity index (χ2n) is 6.46. The van der Waals surface area contributed by atoms with Crippen molar-refractivity contribution in [2.75, 3.05) is 31.6 Å². The molecule has 0 spiro atoms. The van der Waals surface area contributed by atoms with E-state index in [1.807, 2.05) is 31.2 Å². The Labute approximate surface area is 156 Å². The zero-order valence-corrected chi connectivity index (χ0v) is 15.0. The van der Waals surface area contributed by atoms with Crippen LogP contribution in [0.15, 0.2) is 48.8 Å². The van der Waals surface area contributed by atoms with Gasteiger partial charge >= 0.3 is 0 Å². The average Bonchev–Trinajstić information content (AvgIpc) is 3.14. The Balaban J connectivity index is 1.58. The Bertz CT molecular complexity index is 1010. The van der Waals surface area contributed by atoms with E-state index < -0.39 is 0 Å². The first-order chi connectivity index (χ1) is 13.1. The highest BCUT2D eigenvalue weighted by molar-refractivity contribution is 6.05. The molecule has 7 nitrogen and oxygen atoms in total. The number of anilines is 1. The predicted octanol–water partition coefficient (Wildman–Crippen LogP) is 2.37. The van der Waals surface area contributed by atoms with Gasteiger partial charge in [-0.3, -0.25) is 14.0 Å². The van der Waals surface area contributed by atoms with Gasteiger partial charge in [-0.2, -0.15) is 0 Å². The number of morpholine rings is 1. The summed E-state index contributed by atoms with van der Waals surface area (Å²) in [5.74, 6) is -0.323. The van der Waals surface area contributed by atoms with Gasteiger partial charge in [0.05, 0.1) is 19.4 Å². The van der Waals surface area contributed by atoms with Crippen LogP contribution >= 0.6 is 0 Å². The molecule has 3 aromatic rings. The van der Waals surface area contributed by atoms with E-state index in [1.165, 1.54) is 0 Å². The minimum absolute atomic E-state index is 0.0522. The number of pyridine rings is 1. The fraction of sp³-hybridized carbons (Fsp3) is 0.250. The van der Waals surface area contributed by atoms with Crippen molar-refractivity contribution in [2.24, 2.45) is 0 Å². The number of hydrogen-bond donors (Lipinski definition) is 1. The van der Waals surface area contributed by atoms with E-state index in [1.54, 1.807) is 33.8 Å². The predicted molar refractivity (Wildman–Crippen MR) is 101 cm³/mol. The first-order valence-electron chi connectivity index (χ1n) is 8.84. The summed E-state index contributed by atoms with van der Waals surface area (Å²) < 4.78 is 7.03. The lowest BCUT2D eigenvalue weighted by Gasteiger charge is -2.27. The summed E-state index contributed by atoms with van der Waals surface area (Å²) in [5.41, 5.74) is 3.20. The highest BCUT2D eigenvalue weighted by atomic mass is 16.5. The molecule has 0 aliphatic carbocycles. The van der Waals surface area contributed by atoms with Gasteiger partial charge in [0.15, 0.2) is 0 Å². The van der Waals surface area contributed by atoms with Gasteiger partial charge in [-0.15, -0.1) is 0 Å². The van der Waals surface area contributed by atoms with Crippen molar-refractivity contribution in [1.29, 1.82) is 0 Å². The van der Waals surface area contributed by atoms with Crippen molar-refractivity contribution in [2.45, 2.75) is 6.92 Å². The van der Waals surface area contributed by atoms with Gasteiger partial charge in [0.1, 0.15) is 11.3 Å². The highest BCUT2D eigenvalue weighted by Gasteiger charge is 2.20. The first-order valence-corrected chi connectivity index (χ1v) is 8.84. The number of carbonyl (C=O) groups is 2. The lowest BCUT2D eigenvalue weighted by atomic mass is 10.1. The maximum atomic E-state index is 12.7. The third-order valence-corrected chi connectivity index (χ3v) is 4.68. The molecule has 0 unspecified atom stereocenters. The van der Waals surface area contributed by atoms with Crippen LogP contribution in [0.3, 0.4) is 0 Å². The van der Waals surface area contributed by atoms with Gasteiger partial charge in [-0.1, -0.05) is 12.1 Å². The Morgan fingerprint density at radius 1 is 1.15 bits per heavy atom. The van der Waals surface area contributed by atoms with Crippen molar-refractivity contribution in [3.05, 3.63) is 65.6 Å². The van der Waals surface area contributed by atoms with Crippen LogP contribution in [0.25, 0.3) is 5.65 Å². The summed E-state index contributed by atoms with van der Waals surface area (Å²) in [6, 6.07) is 10.9. The third kappa shape index (κ3) is 3.41. The number of amides is 2. The van der Waals surface area contributed by atoms with Crippen molar-refractivity contribution < 1.29 is 14.3 Å². The van der Waals surface area contributed by atoms with Crippen LogP contribution in [0.4, 0.5) is 5.69 Å². The van der Waals surface area contributed by atoms with Gasteiger partial charge in [-0.05, 0) is 36.8 Å². The van der Waals surface area contributed by atoms with Crippen LogP contribution in [0.1, 0.15) is 26.4 Å². The maximum absolute atomic E-state index is 12.7. The molecule has 138 valence electrons. The summed E-state index contributed by atoms with van der Waals surface area (Å²) in [7, 11) is 0. The molecular formula is C20H20N4O3. The van der Waals surface area contributed by atoms with E-state index in [0.29, 0.717) is 48.9 Å². The zero-order chi connectivity index (χ0) is 18.8. The van der Waals surface area contributed by atoms with Crippen LogP contribution < -0.4 is 5.32 Å². The number of carbonyl (C=O) groups excluding carboxylic acids is 2. The number of nitrogens with zero attached hydrogens (tertiary/aromatic N) is 3. The number of aromatic nitrogens is 2. The van der Waals surface area contributed by atoms with Gasteiger partial charge in [0.2, 0.25) is 0 Å². The normalized spacial score (nSPS) is 14.3. The lowest BCUT2D eigenvalue weighted by molar-refractivity contribution is 0.0303. The van der Waals surface area contributed by atoms with E-state index in [9.17, 15) is 9.59 Å². The summed E-state index contributed by atoms with van der Waals surface area (Å²) in [5, 5.41) is 2.91. The molecule has 0 radical (unpaired) electrons. The minimum atomic E-state index is -0.271. The Morgan fingerprint density at radius 3 is 2.78 bits per heavy atom. The molecule has 1 aliphatic heterocycles. The Hall–Kier alpha value is -3.19. The van der Waals surface area contributed by atoms with Gasteiger partial charge < -0.3 is 15.0 Å². The number of nitrogens with one attached hydrogen (secondary N) is 1. The molecule has 27 heavy (non-hydrogen) atoms. The second-order valence-corrected chi connectivity index (χ2v) is 6.46. The largest absolute Gasteiger partial charge is 0.378 e. The van der Waals surface area contributed by atoms with Crippen LogP contribution in [0.2, 0.25) is 0 Å². The maximum Gasteiger partial charge on any atom is 0.274 e. The number of fused-ring (bicyclic) bond motifs is 1. The molecule has 4 rings (SSSR count). The number of hydrogen-bond acceptors (Lipinski definition) is 4. The number of ether oxygens (including phenoxy) is 1. The van der Waals surface area contributed by atoms with Crippen LogP contribution in [-0.4, -0.2) is 52.4 Å². The monoisotopic (exact) mass is 364 g/mol. The smallest absolute Gasteiger partial charge is 0.274 e. The molecule has 0 atom stereocenters. The Kier molecular flexibility index (Phi) is 4.60. The standard InChI is InChI=1S/C20H20N4O3/c1-14-5-6-15(20(26)23-8-10-27-11-9-23)12-16(14)22-19(25)17-13-21-18-4-2-3-7-24(17)18/h2-7,12-13H,8-11H2,1H3,(H,22,25). The molecule has 1 aliphatic rings. The van der Waals surface area contributed by atoms with E-state index in [0.717, 1.165) is 5.56 Å². The van der Waals surface area contributed by atoms with Crippen LogP contribution in [0, 0.1) is 6.92 Å². The molecule has 1 N–H and O–H groups in total. The van der Waals surface area contributed by atoms with Crippen molar-refractivity contribution in [1.82, 2.24) is 14.3 Å². The molecule has 3 heterocycles.